The molecule has 2 aliphatic rings. The van der Waals surface area contributed by atoms with Gasteiger partial charge >= 0.3 is 6.03 Å². The van der Waals surface area contributed by atoms with Crippen molar-refractivity contribution in [1.82, 2.24) is 30.0 Å². The fourth-order valence-electron chi connectivity index (χ4n) is 4.44. The first-order valence-electron chi connectivity index (χ1n) is 12.3. The van der Waals surface area contributed by atoms with Crippen LogP contribution in [0.1, 0.15) is 28.4 Å². The van der Waals surface area contributed by atoms with Crippen molar-refractivity contribution in [3.8, 4) is 0 Å². The highest BCUT2D eigenvalue weighted by atomic mass is 16.2. The summed E-state index contributed by atoms with van der Waals surface area (Å²) in [4.78, 5) is 40.0. The van der Waals surface area contributed by atoms with Gasteiger partial charge in [0, 0.05) is 57.6 Å². The van der Waals surface area contributed by atoms with Crippen LogP contribution in [0.3, 0.4) is 0 Å². The molecule has 1 fully saturated rings. The maximum absolute atomic E-state index is 13.1. The lowest BCUT2D eigenvalue weighted by molar-refractivity contribution is 0.102. The summed E-state index contributed by atoms with van der Waals surface area (Å²) in [5, 5.41) is 14.6. The van der Waals surface area contributed by atoms with Gasteiger partial charge in [0.1, 0.15) is 5.82 Å². The Morgan fingerprint density at radius 1 is 1.05 bits per heavy atom. The lowest BCUT2D eigenvalue weighted by atomic mass is 9.92. The minimum absolute atomic E-state index is 0.00936. The molecule has 0 spiro atoms. The molecule has 1 saturated heterocycles. The molecule has 37 heavy (non-hydrogen) atoms. The molecule has 0 bridgehead atoms. The number of H-pyrrole nitrogens is 1. The Labute approximate surface area is 214 Å². The van der Waals surface area contributed by atoms with Crippen molar-refractivity contribution in [2.45, 2.75) is 12.3 Å². The fraction of sp³-hybridized carbons (Fsp3) is 0.346. The number of hydrogen-bond acceptors (Lipinski definition) is 7. The van der Waals surface area contributed by atoms with Gasteiger partial charge in [-0.15, -0.1) is 0 Å². The zero-order valence-electron chi connectivity index (χ0n) is 21.2. The monoisotopic (exact) mass is 501 g/mol. The molecule has 1 aliphatic carbocycles. The van der Waals surface area contributed by atoms with Crippen LogP contribution in [-0.2, 0) is 0 Å². The summed E-state index contributed by atoms with van der Waals surface area (Å²) in [5.74, 6) is 0.596. The number of carbonyl (C=O) groups excluding carboxylic acids is 2. The Bertz CT molecular complexity index is 1410. The van der Waals surface area contributed by atoms with Gasteiger partial charge in [0.15, 0.2) is 5.69 Å². The number of hydrogen-bond donors (Lipinski definition) is 3. The number of nitrogens with one attached hydrogen (secondary N) is 3. The third-order valence-corrected chi connectivity index (χ3v) is 6.67. The van der Waals surface area contributed by atoms with Gasteiger partial charge in [-0.25, -0.2) is 9.78 Å². The van der Waals surface area contributed by atoms with E-state index in [0.29, 0.717) is 17.1 Å². The van der Waals surface area contributed by atoms with Gasteiger partial charge < -0.3 is 25.3 Å². The smallest absolute Gasteiger partial charge is 0.321 e. The van der Waals surface area contributed by atoms with E-state index in [4.69, 9.17) is 0 Å². The number of piperazine rings is 1. The number of aromatic nitrogens is 4. The molecular weight excluding hydrogens is 470 g/mol. The Hall–Kier alpha value is -4.25. The molecule has 3 aromatic heterocycles. The quantitative estimate of drug-likeness (QED) is 0.478. The predicted octanol–water partition coefficient (Wildman–Crippen LogP) is 1.05. The van der Waals surface area contributed by atoms with E-state index in [1.54, 1.807) is 32.7 Å². The number of likely N-dealkylation sites (N-methyl/N-ethyl adjacent to an activating group) is 1. The highest BCUT2D eigenvalue weighted by molar-refractivity contribution is 6.03. The lowest BCUT2D eigenvalue weighted by Crippen LogP contribution is -2.44. The van der Waals surface area contributed by atoms with Crippen molar-refractivity contribution in [1.29, 1.82) is 0 Å². The van der Waals surface area contributed by atoms with E-state index in [-0.39, 0.29) is 17.9 Å². The van der Waals surface area contributed by atoms with Crippen molar-refractivity contribution in [3.63, 3.8) is 0 Å². The second-order valence-electron chi connectivity index (χ2n) is 9.59. The van der Waals surface area contributed by atoms with Crippen molar-refractivity contribution in [2.24, 2.45) is 0 Å². The summed E-state index contributed by atoms with van der Waals surface area (Å²) in [6.45, 7) is 3.87. The van der Waals surface area contributed by atoms with Crippen LogP contribution in [0, 0.1) is 0 Å². The molecule has 4 heterocycles. The van der Waals surface area contributed by atoms with Crippen LogP contribution in [-0.4, -0.2) is 89.2 Å². The molecule has 11 nitrogen and oxygen atoms in total. The molecule has 0 radical (unpaired) electrons. The van der Waals surface area contributed by atoms with Crippen molar-refractivity contribution in [3.05, 3.63) is 58.6 Å². The minimum atomic E-state index is -0.304. The molecule has 3 N–H and O–H groups in total. The number of fused-ring (bicyclic) bond motifs is 1. The second-order valence-corrected chi connectivity index (χ2v) is 9.59. The Morgan fingerprint density at radius 2 is 1.86 bits per heavy atom. The predicted molar refractivity (Wildman–Crippen MR) is 143 cm³/mol. The molecule has 0 aromatic carbocycles. The average molecular weight is 502 g/mol. The normalized spacial score (nSPS) is 17.3. The molecule has 5 rings (SSSR count). The maximum Gasteiger partial charge on any atom is 0.321 e. The highest BCUT2D eigenvalue weighted by Gasteiger charge is 2.20. The van der Waals surface area contributed by atoms with Gasteiger partial charge in [-0.2, -0.15) is 5.10 Å². The third-order valence-electron chi connectivity index (χ3n) is 6.67. The molecule has 3 amide bonds. The first-order valence-corrected chi connectivity index (χ1v) is 12.3. The molecule has 0 saturated carbocycles. The summed E-state index contributed by atoms with van der Waals surface area (Å²) < 4.78 is 0. The van der Waals surface area contributed by atoms with Crippen LogP contribution in [0.5, 0.6) is 0 Å². The number of amides is 3. The Balaban J connectivity index is 1.31. The van der Waals surface area contributed by atoms with E-state index in [2.05, 4.69) is 47.6 Å². The van der Waals surface area contributed by atoms with Crippen molar-refractivity contribution in [2.75, 3.05) is 62.9 Å². The highest BCUT2D eigenvalue weighted by Crippen LogP contribution is 2.25. The van der Waals surface area contributed by atoms with E-state index >= 15 is 0 Å². The molecule has 192 valence electrons. The average Bonchev–Trinajstić information content (AvgIpc) is 3.33. The molecule has 1 atom stereocenters. The zero-order valence-corrected chi connectivity index (χ0v) is 21.2. The van der Waals surface area contributed by atoms with Crippen LogP contribution in [0.25, 0.3) is 12.2 Å². The minimum Gasteiger partial charge on any atom is -0.354 e. The largest absolute Gasteiger partial charge is 0.354 e. The molecule has 1 unspecified atom stereocenters. The van der Waals surface area contributed by atoms with E-state index in [1.807, 2.05) is 30.4 Å². The topological polar surface area (TPSA) is 122 Å². The summed E-state index contributed by atoms with van der Waals surface area (Å²) in [5.41, 5.74) is 2.50. The van der Waals surface area contributed by atoms with Crippen molar-refractivity contribution >= 4 is 41.3 Å². The van der Waals surface area contributed by atoms with Gasteiger partial charge in [-0.05, 0) is 37.2 Å². The standard InChI is InChI=1S/C26H31N9O2/c1-33(2)26(37)30-20-12-18(14-27-15-20)17-4-6-22-21(13-17)24(32-31-22)25(36)29-19-5-7-23(28-16-19)35-10-8-34(3)9-11-35/h5-7,12-17,31H,4,8-11H2,1-3H3,(H,29,36)(H,30,37). The molecule has 3 aromatic rings. The van der Waals surface area contributed by atoms with Gasteiger partial charge in [0.2, 0.25) is 0 Å². The van der Waals surface area contributed by atoms with E-state index < -0.39 is 0 Å². The number of nitrogens with zero attached hydrogens (tertiary/aromatic N) is 6. The summed E-state index contributed by atoms with van der Waals surface area (Å²) in [6, 6.07) is 5.49. The second kappa shape index (κ2) is 10.4. The Morgan fingerprint density at radius 3 is 2.59 bits per heavy atom. The first-order chi connectivity index (χ1) is 17.9. The molecule has 1 aliphatic heterocycles. The van der Waals surface area contributed by atoms with Gasteiger partial charge in [-0.3, -0.25) is 14.9 Å². The van der Waals surface area contributed by atoms with Crippen LogP contribution in [0.15, 0.2) is 36.8 Å². The number of aromatic amines is 1. The number of pyridine rings is 2. The molecule has 11 heteroatoms. The van der Waals surface area contributed by atoms with Crippen LogP contribution < -0.4 is 26.1 Å². The third kappa shape index (κ3) is 5.46. The molecular formula is C26H31N9O2. The van der Waals surface area contributed by atoms with Crippen molar-refractivity contribution < 1.29 is 9.59 Å². The Kier molecular flexibility index (Phi) is 6.87. The van der Waals surface area contributed by atoms with Crippen LogP contribution in [0.4, 0.5) is 22.0 Å². The number of urea groups is 1. The number of rotatable bonds is 5. The zero-order chi connectivity index (χ0) is 25.9. The summed E-state index contributed by atoms with van der Waals surface area (Å²) in [6.07, 6.45) is 9.85. The maximum atomic E-state index is 13.1. The van der Waals surface area contributed by atoms with Crippen LogP contribution >= 0.6 is 0 Å². The number of carbonyl (C=O) groups is 2. The van der Waals surface area contributed by atoms with Crippen LogP contribution in [0.2, 0.25) is 0 Å². The van der Waals surface area contributed by atoms with E-state index in [9.17, 15) is 9.59 Å². The number of anilines is 3. The van der Waals surface area contributed by atoms with Gasteiger partial charge in [-0.1, -0.05) is 12.2 Å². The van der Waals surface area contributed by atoms with E-state index in [0.717, 1.165) is 54.5 Å². The van der Waals surface area contributed by atoms with Gasteiger partial charge in [0.25, 0.3) is 5.91 Å². The SMILES string of the molecule is CN1CCN(c2ccc(NC(=O)c3n[nH]c4c3=CC(c3cncc(NC(=O)N(C)C)c3)CC=4)cn2)CC1. The van der Waals surface area contributed by atoms with E-state index in [1.165, 1.54) is 4.90 Å². The first kappa shape index (κ1) is 24.4. The summed E-state index contributed by atoms with van der Waals surface area (Å²) >= 11 is 0. The fourth-order valence-corrected chi connectivity index (χ4v) is 4.44. The lowest BCUT2D eigenvalue weighted by Gasteiger charge is -2.33. The van der Waals surface area contributed by atoms with Gasteiger partial charge in [0.05, 0.1) is 29.1 Å². The summed E-state index contributed by atoms with van der Waals surface area (Å²) in [7, 11) is 5.48.